The van der Waals surface area contributed by atoms with Crippen LogP contribution >= 0.6 is 11.6 Å². The summed E-state index contributed by atoms with van der Waals surface area (Å²) in [6, 6.07) is 7.87. The Morgan fingerprint density at radius 3 is 2.86 bits per heavy atom. The van der Waals surface area contributed by atoms with Gasteiger partial charge in [0.1, 0.15) is 0 Å². The smallest absolute Gasteiger partial charge is 0.225 e. The number of amides is 1. The van der Waals surface area contributed by atoms with Crippen LogP contribution in [0, 0.1) is 0 Å². The Bertz CT molecular complexity index is 461. The second kappa shape index (κ2) is 8.37. The van der Waals surface area contributed by atoms with Crippen LogP contribution in [0.1, 0.15) is 26.2 Å². The number of hydrogen-bond donors (Lipinski definition) is 2. The lowest BCUT2D eigenvalue weighted by Crippen LogP contribution is -2.44. The van der Waals surface area contributed by atoms with Gasteiger partial charge in [0.15, 0.2) is 0 Å². The van der Waals surface area contributed by atoms with Crippen LogP contribution < -0.4 is 10.6 Å². The number of carbonyl (C=O) groups is 1. The molecule has 21 heavy (non-hydrogen) atoms. The third-order valence-electron chi connectivity index (χ3n) is 3.97. The summed E-state index contributed by atoms with van der Waals surface area (Å²) in [5, 5.41) is 6.92. The van der Waals surface area contributed by atoms with Crippen molar-refractivity contribution in [3.63, 3.8) is 0 Å². The van der Waals surface area contributed by atoms with Gasteiger partial charge >= 0.3 is 0 Å². The first kappa shape index (κ1) is 16.3. The van der Waals surface area contributed by atoms with E-state index in [1.165, 1.54) is 12.8 Å². The highest BCUT2D eigenvalue weighted by Gasteiger charge is 2.19. The number of anilines is 1. The maximum absolute atomic E-state index is 12.0. The molecule has 0 atom stereocenters. The van der Waals surface area contributed by atoms with Crippen LogP contribution in [0.5, 0.6) is 0 Å². The fraction of sp³-hybridized carbons (Fsp3) is 0.562. The Kier molecular flexibility index (Phi) is 6.49. The van der Waals surface area contributed by atoms with E-state index in [4.69, 9.17) is 11.6 Å². The van der Waals surface area contributed by atoms with E-state index in [1.807, 2.05) is 12.1 Å². The summed E-state index contributed by atoms with van der Waals surface area (Å²) < 4.78 is 0. The third-order valence-corrected chi connectivity index (χ3v) is 4.20. The molecule has 2 rings (SSSR count). The molecule has 1 saturated heterocycles. The number of piperidine rings is 1. The van der Waals surface area contributed by atoms with Crippen LogP contribution in [-0.4, -0.2) is 43.0 Å². The van der Waals surface area contributed by atoms with Gasteiger partial charge in [0, 0.05) is 29.7 Å². The maximum atomic E-state index is 12.0. The lowest BCUT2D eigenvalue weighted by molar-refractivity contribution is -0.116. The zero-order valence-corrected chi connectivity index (χ0v) is 13.3. The average molecular weight is 310 g/mol. The number of hydrogen-bond acceptors (Lipinski definition) is 3. The van der Waals surface area contributed by atoms with Gasteiger partial charge in [-0.05, 0) is 50.7 Å². The Morgan fingerprint density at radius 2 is 2.19 bits per heavy atom. The lowest BCUT2D eigenvalue weighted by atomic mass is 10.0. The molecule has 1 fully saturated rings. The largest absolute Gasteiger partial charge is 0.326 e. The Balaban J connectivity index is 1.79. The van der Waals surface area contributed by atoms with Gasteiger partial charge in [0.2, 0.25) is 5.91 Å². The molecule has 0 spiro atoms. The monoisotopic (exact) mass is 309 g/mol. The summed E-state index contributed by atoms with van der Waals surface area (Å²) in [5.74, 6) is 0.0460. The van der Waals surface area contributed by atoms with Crippen molar-refractivity contribution in [2.75, 3.05) is 31.5 Å². The highest BCUT2D eigenvalue weighted by atomic mass is 35.5. The number of nitrogens with one attached hydrogen (secondary N) is 2. The topological polar surface area (TPSA) is 44.4 Å². The fourth-order valence-electron chi connectivity index (χ4n) is 2.81. The Morgan fingerprint density at radius 1 is 1.43 bits per heavy atom. The zero-order valence-electron chi connectivity index (χ0n) is 12.6. The minimum Gasteiger partial charge on any atom is -0.326 e. The summed E-state index contributed by atoms with van der Waals surface area (Å²) in [4.78, 5) is 14.4. The van der Waals surface area contributed by atoms with Crippen LogP contribution in [0.15, 0.2) is 24.3 Å². The zero-order chi connectivity index (χ0) is 15.1. The molecule has 2 N–H and O–H groups in total. The quantitative estimate of drug-likeness (QED) is 0.849. The van der Waals surface area contributed by atoms with Crippen molar-refractivity contribution in [1.29, 1.82) is 0 Å². The van der Waals surface area contributed by atoms with Gasteiger partial charge in [-0.25, -0.2) is 0 Å². The van der Waals surface area contributed by atoms with E-state index in [0.717, 1.165) is 31.9 Å². The molecule has 116 valence electrons. The molecule has 0 saturated carbocycles. The van der Waals surface area contributed by atoms with Crippen molar-refractivity contribution in [3.8, 4) is 0 Å². The van der Waals surface area contributed by atoms with E-state index in [9.17, 15) is 4.79 Å². The van der Waals surface area contributed by atoms with Crippen molar-refractivity contribution in [3.05, 3.63) is 29.3 Å². The minimum absolute atomic E-state index is 0.0460. The Hall–Kier alpha value is -1.10. The van der Waals surface area contributed by atoms with Crippen LogP contribution in [-0.2, 0) is 4.79 Å². The molecule has 1 aliphatic rings. The van der Waals surface area contributed by atoms with Gasteiger partial charge in [0.05, 0.1) is 0 Å². The molecule has 4 nitrogen and oxygen atoms in total. The molecule has 1 amide bonds. The minimum atomic E-state index is 0.0460. The molecular formula is C16H24ClN3O. The first-order valence-electron chi connectivity index (χ1n) is 7.69. The second-order valence-electron chi connectivity index (χ2n) is 5.42. The van der Waals surface area contributed by atoms with Crippen LogP contribution in [0.3, 0.4) is 0 Å². The van der Waals surface area contributed by atoms with E-state index in [0.29, 0.717) is 17.5 Å². The van der Waals surface area contributed by atoms with Gasteiger partial charge in [0.25, 0.3) is 0 Å². The van der Waals surface area contributed by atoms with Crippen LogP contribution in [0.2, 0.25) is 5.02 Å². The summed E-state index contributed by atoms with van der Waals surface area (Å²) >= 11 is 5.91. The molecule has 5 heteroatoms. The maximum Gasteiger partial charge on any atom is 0.225 e. The predicted molar refractivity (Wildman–Crippen MR) is 87.8 cm³/mol. The molecular weight excluding hydrogens is 286 g/mol. The van der Waals surface area contributed by atoms with E-state index in [2.05, 4.69) is 22.5 Å². The van der Waals surface area contributed by atoms with Gasteiger partial charge in [-0.15, -0.1) is 0 Å². The fourth-order valence-corrected chi connectivity index (χ4v) is 3.00. The standard InChI is InChI=1S/C16H24ClN3O/c1-2-20(15-6-9-18-10-7-15)11-8-16(21)19-14-5-3-4-13(17)12-14/h3-5,12,15,18H,2,6-11H2,1H3,(H,19,21). The molecule has 0 bridgehead atoms. The number of halogens is 1. The Labute approximate surface area is 131 Å². The third kappa shape index (κ3) is 5.30. The van der Waals surface area contributed by atoms with E-state index in [-0.39, 0.29) is 5.91 Å². The molecule has 1 aromatic rings. The van der Waals surface area contributed by atoms with Gasteiger partial charge in [-0.3, -0.25) is 4.79 Å². The average Bonchev–Trinajstić information content (AvgIpc) is 2.49. The summed E-state index contributed by atoms with van der Waals surface area (Å²) in [6.07, 6.45) is 2.86. The molecule has 0 radical (unpaired) electrons. The highest BCUT2D eigenvalue weighted by Crippen LogP contribution is 2.16. The number of benzene rings is 1. The SMILES string of the molecule is CCN(CCC(=O)Nc1cccc(Cl)c1)C1CCNCC1. The number of nitrogens with zero attached hydrogens (tertiary/aromatic N) is 1. The molecule has 0 unspecified atom stereocenters. The van der Waals surface area contributed by atoms with Crippen molar-refractivity contribution in [1.82, 2.24) is 10.2 Å². The number of rotatable bonds is 6. The van der Waals surface area contributed by atoms with Crippen molar-refractivity contribution >= 4 is 23.2 Å². The van der Waals surface area contributed by atoms with E-state index in [1.54, 1.807) is 12.1 Å². The number of carbonyl (C=O) groups excluding carboxylic acids is 1. The predicted octanol–water partition coefficient (Wildman–Crippen LogP) is 2.74. The van der Waals surface area contributed by atoms with Gasteiger partial charge < -0.3 is 15.5 Å². The summed E-state index contributed by atoms with van der Waals surface area (Å²) in [6.45, 7) is 6.13. The van der Waals surface area contributed by atoms with Crippen molar-refractivity contribution in [2.45, 2.75) is 32.2 Å². The summed E-state index contributed by atoms with van der Waals surface area (Å²) in [7, 11) is 0. The lowest BCUT2D eigenvalue weighted by Gasteiger charge is -2.33. The second-order valence-corrected chi connectivity index (χ2v) is 5.85. The molecule has 1 heterocycles. The first-order valence-corrected chi connectivity index (χ1v) is 8.07. The molecule has 1 aromatic carbocycles. The van der Waals surface area contributed by atoms with Crippen LogP contribution in [0.4, 0.5) is 5.69 Å². The van der Waals surface area contributed by atoms with Crippen LogP contribution in [0.25, 0.3) is 0 Å². The van der Waals surface area contributed by atoms with Crippen molar-refractivity contribution in [2.24, 2.45) is 0 Å². The molecule has 0 aromatic heterocycles. The van der Waals surface area contributed by atoms with E-state index >= 15 is 0 Å². The van der Waals surface area contributed by atoms with Gasteiger partial charge in [-0.2, -0.15) is 0 Å². The normalized spacial score (nSPS) is 16.1. The first-order chi connectivity index (χ1) is 10.2. The van der Waals surface area contributed by atoms with Crippen molar-refractivity contribution < 1.29 is 4.79 Å². The highest BCUT2D eigenvalue weighted by molar-refractivity contribution is 6.30. The van der Waals surface area contributed by atoms with Gasteiger partial charge in [-0.1, -0.05) is 24.6 Å². The molecule has 1 aliphatic heterocycles. The van der Waals surface area contributed by atoms with E-state index < -0.39 is 0 Å². The molecule has 0 aliphatic carbocycles. The summed E-state index contributed by atoms with van der Waals surface area (Å²) in [5.41, 5.74) is 0.761.